The smallest absolute Gasteiger partial charge is 0.262 e. The number of hydrogen-bond donors (Lipinski definition) is 2. The van der Waals surface area contributed by atoms with E-state index in [4.69, 9.17) is 10.5 Å². The molecule has 1 aromatic carbocycles. The van der Waals surface area contributed by atoms with Crippen LogP contribution in [0.1, 0.15) is 17.3 Å². The number of nitrogens with one attached hydrogen (secondary N) is 1. The van der Waals surface area contributed by atoms with E-state index < -0.39 is 11.9 Å². The van der Waals surface area contributed by atoms with Gasteiger partial charge in [-0.25, -0.2) is 5.43 Å². The van der Waals surface area contributed by atoms with Crippen LogP contribution in [0.25, 0.3) is 0 Å². The van der Waals surface area contributed by atoms with E-state index in [0.29, 0.717) is 22.8 Å². The van der Waals surface area contributed by atoms with E-state index in [9.17, 15) is 9.59 Å². The first-order valence-corrected chi connectivity index (χ1v) is 5.81. The van der Waals surface area contributed by atoms with Crippen molar-refractivity contribution >= 4 is 23.3 Å². The first-order chi connectivity index (χ1) is 9.09. The average Bonchev–Trinajstić information content (AvgIpc) is 2.41. The van der Waals surface area contributed by atoms with E-state index in [-0.39, 0.29) is 12.5 Å². The van der Waals surface area contributed by atoms with Gasteiger partial charge in [0.1, 0.15) is 18.4 Å². The summed E-state index contributed by atoms with van der Waals surface area (Å²) in [6.07, 6.45) is 0. The molecular weight excluding hydrogens is 248 g/mol. The van der Waals surface area contributed by atoms with Crippen molar-refractivity contribution in [2.75, 3.05) is 11.5 Å². The molecule has 7 heteroatoms. The number of hydrogen-bond acceptors (Lipinski definition) is 5. The minimum Gasteiger partial charge on any atom is -0.483 e. The highest BCUT2D eigenvalue weighted by Crippen LogP contribution is 2.37. The van der Waals surface area contributed by atoms with Crippen LogP contribution >= 0.6 is 0 Å². The molecular formula is C12H12N4O3. The number of anilines is 1. The number of para-hydroxylation sites is 1. The van der Waals surface area contributed by atoms with Gasteiger partial charge in [0.15, 0.2) is 5.84 Å². The molecule has 0 radical (unpaired) electrons. The molecule has 0 saturated carbocycles. The number of hydrazone groups is 1. The zero-order valence-corrected chi connectivity index (χ0v) is 10.2. The van der Waals surface area contributed by atoms with Gasteiger partial charge in [-0.3, -0.25) is 9.59 Å². The lowest BCUT2D eigenvalue weighted by Gasteiger charge is -2.38. The zero-order chi connectivity index (χ0) is 13.6. The minimum absolute atomic E-state index is 0.236. The number of amidine groups is 1. The van der Waals surface area contributed by atoms with Crippen LogP contribution in [0.2, 0.25) is 0 Å². The Balaban J connectivity index is 2.22. The topological polar surface area (TPSA) is 97.0 Å². The number of carbonyl (C=O) groups excluding carboxylic acids is 2. The normalized spacial score (nSPS) is 20.7. The number of benzene rings is 1. The Labute approximate surface area is 109 Å². The van der Waals surface area contributed by atoms with E-state index in [2.05, 4.69) is 10.5 Å². The molecule has 3 rings (SSSR count). The van der Waals surface area contributed by atoms with Gasteiger partial charge in [0.05, 0.1) is 11.3 Å². The Hall–Kier alpha value is -2.57. The molecule has 19 heavy (non-hydrogen) atoms. The van der Waals surface area contributed by atoms with Crippen LogP contribution < -0.4 is 20.8 Å². The summed E-state index contributed by atoms with van der Waals surface area (Å²) in [5, 5.41) is 3.95. The van der Waals surface area contributed by atoms with E-state index in [1.807, 2.05) is 0 Å². The van der Waals surface area contributed by atoms with Crippen LogP contribution in [0, 0.1) is 0 Å². The fourth-order valence-corrected chi connectivity index (χ4v) is 2.26. The third-order valence-electron chi connectivity index (χ3n) is 3.20. The predicted octanol–water partition coefficient (Wildman–Crippen LogP) is -0.184. The molecule has 7 nitrogen and oxygen atoms in total. The van der Waals surface area contributed by atoms with Crippen molar-refractivity contribution in [1.29, 1.82) is 0 Å². The molecule has 0 saturated heterocycles. The van der Waals surface area contributed by atoms with E-state index >= 15 is 0 Å². The van der Waals surface area contributed by atoms with Crippen molar-refractivity contribution < 1.29 is 14.3 Å². The molecule has 0 fully saturated rings. The molecule has 2 aliphatic rings. The molecule has 0 bridgehead atoms. The maximum absolute atomic E-state index is 11.7. The van der Waals surface area contributed by atoms with Crippen molar-refractivity contribution in [3.63, 3.8) is 0 Å². The molecule has 0 aliphatic carbocycles. The van der Waals surface area contributed by atoms with E-state index in [0.717, 1.165) is 0 Å². The average molecular weight is 260 g/mol. The largest absolute Gasteiger partial charge is 0.483 e. The number of nitrogens with two attached hydrogens (primary N) is 1. The summed E-state index contributed by atoms with van der Waals surface area (Å²) in [5.41, 5.74) is 8.61. The standard InChI is InChI=1S/C12H12N4O3/c1-6-12(18)15-14-9-5-19-8-4-2-3-7(11(13)17)10(8)16(6)9/h2-4,6H,5H2,1H3,(H2,13,17)(H,15,18). The van der Waals surface area contributed by atoms with Crippen LogP contribution in [0.5, 0.6) is 5.75 Å². The quantitative estimate of drug-likeness (QED) is 0.731. The van der Waals surface area contributed by atoms with E-state index in [1.165, 1.54) is 0 Å². The molecule has 0 spiro atoms. The summed E-state index contributed by atoms with van der Waals surface area (Å²) in [4.78, 5) is 25.0. The van der Waals surface area contributed by atoms with Gasteiger partial charge in [0, 0.05) is 0 Å². The Morgan fingerprint density at radius 3 is 3.11 bits per heavy atom. The second kappa shape index (κ2) is 3.98. The SMILES string of the molecule is CC1C(=O)NN=C2COc3cccc(C(N)=O)c3N21. The van der Waals surface area contributed by atoms with Crippen LogP contribution in [0.3, 0.4) is 0 Å². The van der Waals surface area contributed by atoms with Gasteiger partial charge >= 0.3 is 0 Å². The van der Waals surface area contributed by atoms with Crippen molar-refractivity contribution in [1.82, 2.24) is 5.43 Å². The van der Waals surface area contributed by atoms with Gasteiger partial charge in [-0.05, 0) is 19.1 Å². The monoisotopic (exact) mass is 260 g/mol. The Morgan fingerprint density at radius 2 is 2.37 bits per heavy atom. The Morgan fingerprint density at radius 1 is 1.58 bits per heavy atom. The molecule has 3 N–H and O–H groups in total. The molecule has 1 unspecified atom stereocenters. The van der Waals surface area contributed by atoms with Gasteiger partial charge < -0.3 is 15.4 Å². The lowest BCUT2D eigenvalue weighted by Crippen LogP contribution is -2.56. The van der Waals surface area contributed by atoms with E-state index in [1.54, 1.807) is 30.0 Å². The fraction of sp³-hybridized carbons (Fsp3) is 0.250. The number of carbonyl (C=O) groups is 2. The summed E-state index contributed by atoms with van der Waals surface area (Å²) in [5.74, 6) is 0.265. The third-order valence-corrected chi connectivity index (χ3v) is 3.20. The summed E-state index contributed by atoms with van der Waals surface area (Å²) in [6, 6.07) is 4.55. The highest BCUT2D eigenvalue weighted by atomic mass is 16.5. The highest BCUT2D eigenvalue weighted by molar-refractivity contribution is 6.13. The van der Waals surface area contributed by atoms with Crippen LogP contribution in [-0.4, -0.2) is 30.3 Å². The second-order valence-corrected chi connectivity index (χ2v) is 4.36. The number of nitrogens with zero attached hydrogens (tertiary/aromatic N) is 2. The third kappa shape index (κ3) is 1.62. The predicted molar refractivity (Wildman–Crippen MR) is 68.0 cm³/mol. The van der Waals surface area contributed by atoms with Crippen molar-refractivity contribution in [3.05, 3.63) is 23.8 Å². The first-order valence-electron chi connectivity index (χ1n) is 5.81. The molecule has 98 valence electrons. The van der Waals surface area contributed by atoms with Gasteiger partial charge in [0.25, 0.3) is 11.8 Å². The van der Waals surface area contributed by atoms with Gasteiger partial charge in [-0.1, -0.05) is 6.07 Å². The van der Waals surface area contributed by atoms with Crippen molar-refractivity contribution in [2.24, 2.45) is 10.8 Å². The van der Waals surface area contributed by atoms with Gasteiger partial charge in [-0.15, -0.1) is 0 Å². The lowest BCUT2D eigenvalue weighted by atomic mass is 10.1. The number of ether oxygens (including phenoxy) is 1. The molecule has 2 aliphatic heterocycles. The maximum atomic E-state index is 11.7. The summed E-state index contributed by atoms with van der Waals surface area (Å²) < 4.78 is 5.54. The molecule has 2 heterocycles. The fourth-order valence-electron chi connectivity index (χ4n) is 2.26. The van der Waals surface area contributed by atoms with Crippen molar-refractivity contribution in [3.8, 4) is 5.75 Å². The molecule has 1 atom stereocenters. The molecule has 1 aromatic rings. The first kappa shape index (κ1) is 11.5. The number of rotatable bonds is 1. The van der Waals surface area contributed by atoms with Gasteiger partial charge in [0.2, 0.25) is 0 Å². The number of fused-ring (bicyclic) bond motifs is 3. The second-order valence-electron chi connectivity index (χ2n) is 4.36. The van der Waals surface area contributed by atoms with Gasteiger partial charge in [-0.2, -0.15) is 5.10 Å². The molecule has 2 amide bonds. The Kier molecular flexibility index (Phi) is 2.41. The number of amides is 2. The van der Waals surface area contributed by atoms with Crippen LogP contribution in [0.15, 0.2) is 23.3 Å². The molecule has 0 aromatic heterocycles. The lowest BCUT2D eigenvalue weighted by molar-refractivity contribution is -0.122. The van der Waals surface area contributed by atoms with Crippen LogP contribution in [0.4, 0.5) is 5.69 Å². The maximum Gasteiger partial charge on any atom is 0.262 e. The minimum atomic E-state index is -0.570. The zero-order valence-electron chi connectivity index (χ0n) is 10.2. The summed E-state index contributed by atoms with van der Waals surface area (Å²) in [7, 11) is 0. The van der Waals surface area contributed by atoms with Crippen molar-refractivity contribution in [2.45, 2.75) is 13.0 Å². The summed E-state index contributed by atoms with van der Waals surface area (Å²) >= 11 is 0. The number of primary amides is 1. The Bertz CT molecular complexity index is 611. The van der Waals surface area contributed by atoms with Crippen LogP contribution in [-0.2, 0) is 4.79 Å². The highest BCUT2D eigenvalue weighted by Gasteiger charge is 2.37. The summed E-state index contributed by atoms with van der Waals surface area (Å²) in [6.45, 7) is 1.97.